The van der Waals surface area contributed by atoms with Crippen molar-refractivity contribution in [1.29, 1.82) is 0 Å². The van der Waals surface area contributed by atoms with E-state index >= 15 is 0 Å². The van der Waals surface area contributed by atoms with Gasteiger partial charge in [0.1, 0.15) is 11.4 Å². The third-order valence-electron chi connectivity index (χ3n) is 6.06. The first-order valence-corrected chi connectivity index (χ1v) is 12.7. The number of carbonyl (C=O) groups excluding carboxylic acids is 3. The van der Waals surface area contributed by atoms with Crippen LogP contribution in [0, 0.1) is 5.82 Å². The van der Waals surface area contributed by atoms with Gasteiger partial charge in [-0.3, -0.25) is 9.69 Å². The number of anilines is 1. The van der Waals surface area contributed by atoms with E-state index in [0.717, 1.165) is 18.2 Å². The van der Waals surface area contributed by atoms with E-state index < -0.39 is 64.7 Å². The number of benzene rings is 2. The van der Waals surface area contributed by atoms with Gasteiger partial charge in [0, 0.05) is 30.9 Å². The molecule has 0 unspecified atom stereocenters. The minimum Gasteiger partial charge on any atom is -0.444 e. The van der Waals surface area contributed by atoms with E-state index in [1.165, 1.54) is 23.1 Å². The van der Waals surface area contributed by atoms with Crippen molar-refractivity contribution in [2.24, 2.45) is 0 Å². The maximum atomic E-state index is 13.3. The van der Waals surface area contributed by atoms with Crippen molar-refractivity contribution in [3.05, 3.63) is 71.0 Å². The maximum absolute atomic E-state index is 13.3. The Balaban J connectivity index is 1.89. The second-order valence-electron chi connectivity index (χ2n) is 10.5. The van der Waals surface area contributed by atoms with Crippen LogP contribution < -0.4 is 5.32 Å². The largest absolute Gasteiger partial charge is 0.444 e. The fourth-order valence-electron chi connectivity index (χ4n) is 4.11. The number of rotatable bonds is 4. The molecule has 1 saturated heterocycles. The summed E-state index contributed by atoms with van der Waals surface area (Å²) in [5, 5.41) is 1.99. The predicted molar refractivity (Wildman–Crippen MR) is 139 cm³/mol. The molecule has 0 spiro atoms. The second kappa shape index (κ2) is 12.4. The number of imide groups is 1. The zero-order valence-corrected chi connectivity index (χ0v) is 22.8. The number of ether oxygens (including phenoxy) is 1. The molecule has 0 radical (unpaired) electrons. The molecule has 0 saturated carbocycles. The SMILES string of the molecule is CC(C)(C)OC(=O)N1CCC(N(C(=O)C=Cc2ccc(F)cc2)C(=O)Nc2cc(C(F)(F)F)cc(C(F)(F)F)c2)CC1. The first-order chi connectivity index (χ1) is 19.3. The van der Waals surface area contributed by atoms with Gasteiger partial charge in [-0.2, -0.15) is 26.3 Å². The van der Waals surface area contributed by atoms with Crippen LogP contribution in [0.2, 0.25) is 0 Å². The third-order valence-corrected chi connectivity index (χ3v) is 6.06. The Kier molecular flexibility index (Phi) is 9.58. The number of hydrogen-bond acceptors (Lipinski definition) is 4. The van der Waals surface area contributed by atoms with Crippen LogP contribution in [0.5, 0.6) is 0 Å². The molecule has 2 aromatic rings. The van der Waals surface area contributed by atoms with E-state index in [-0.39, 0.29) is 32.0 Å². The molecule has 0 aromatic heterocycles. The number of likely N-dealkylation sites (tertiary alicyclic amines) is 1. The quantitative estimate of drug-likeness (QED) is 0.293. The Bertz CT molecular complexity index is 1290. The molecule has 228 valence electrons. The number of nitrogens with zero attached hydrogens (tertiary/aromatic N) is 2. The highest BCUT2D eigenvalue weighted by atomic mass is 19.4. The number of piperidine rings is 1. The van der Waals surface area contributed by atoms with Gasteiger partial charge >= 0.3 is 24.5 Å². The van der Waals surface area contributed by atoms with E-state index in [4.69, 9.17) is 4.74 Å². The average molecular weight is 604 g/mol. The van der Waals surface area contributed by atoms with Crippen LogP contribution in [0.25, 0.3) is 6.08 Å². The third kappa shape index (κ3) is 8.95. The molecule has 42 heavy (non-hydrogen) atoms. The lowest BCUT2D eigenvalue weighted by molar-refractivity contribution is -0.143. The summed E-state index contributed by atoms with van der Waals surface area (Å²) >= 11 is 0. The summed E-state index contributed by atoms with van der Waals surface area (Å²) in [4.78, 5) is 41.0. The van der Waals surface area contributed by atoms with Crippen LogP contribution >= 0.6 is 0 Å². The summed E-state index contributed by atoms with van der Waals surface area (Å²) in [7, 11) is 0. The highest BCUT2D eigenvalue weighted by Gasteiger charge is 2.38. The number of halogens is 7. The highest BCUT2D eigenvalue weighted by molar-refractivity contribution is 6.07. The standard InChI is InChI=1S/C28H28F7N3O4/c1-26(2,3)42-25(41)37-12-10-22(11-13-37)38(23(39)9-6-17-4-7-20(29)8-5-17)24(40)36-21-15-18(27(30,31)32)14-19(16-21)28(33,34)35/h4-9,14-16,22H,10-13H2,1-3H3,(H,36,40). The van der Waals surface area contributed by atoms with Gasteiger partial charge in [0.25, 0.3) is 5.91 Å². The van der Waals surface area contributed by atoms with E-state index in [0.29, 0.717) is 22.6 Å². The van der Waals surface area contributed by atoms with Crippen molar-refractivity contribution in [3.8, 4) is 0 Å². The zero-order valence-electron chi connectivity index (χ0n) is 22.8. The fraction of sp³-hybridized carbons (Fsp3) is 0.393. The molecular weight excluding hydrogens is 575 g/mol. The lowest BCUT2D eigenvalue weighted by Gasteiger charge is -2.37. The Hall–Kier alpha value is -4.10. The first kappa shape index (κ1) is 32.4. The molecule has 0 atom stereocenters. The van der Waals surface area contributed by atoms with E-state index in [9.17, 15) is 45.1 Å². The molecule has 7 nitrogen and oxygen atoms in total. The van der Waals surface area contributed by atoms with Crippen LogP contribution in [0.15, 0.2) is 48.5 Å². The van der Waals surface area contributed by atoms with Crippen molar-refractivity contribution in [1.82, 2.24) is 9.80 Å². The predicted octanol–water partition coefficient (Wildman–Crippen LogP) is 7.34. The number of urea groups is 1. The minimum absolute atomic E-state index is 0.0547. The van der Waals surface area contributed by atoms with Crippen LogP contribution in [0.3, 0.4) is 0 Å². The van der Waals surface area contributed by atoms with E-state index in [1.54, 1.807) is 20.8 Å². The number of amides is 4. The molecule has 1 heterocycles. The smallest absolute Gasteiger partial charge is 0.416 e. The lowest BCUT2D eigenvalue weighted by atomic mass is 10.0. The van der Waals surface area contributed by atoms with Gasteiger partial charge in [-0.1, -0.05) is 12.1 Å². The van der Waals surface area contributed by atoms with E-state index in [1.807, 2.05) is 5.32 Å². The molecule has 0 bridgehead atoms. The summed E-state index contributed by atoms with van der Waals surface area (Å²) < 4.78 is 98.5. The van der Waals surface area contributed by atoms with Crippen molar-refractivity contribution in [2.75, 3.05) is 18.4 Å². The summed E-state index contributed by atoms with van der Waals surface area (Å²) in [6.45, 7) is 5.13. The molecule has 14 heteroatoms. The first-order valence-electron chi connectivity index (χ1n) is 12.7. The van der Waals surface area contributed by atoms with Gasteiger partial charge in [0.2, 0.25) is 0 Å². The van der Waals surface area contributed by atoms with E-state index in [2.05, 4.69) is 0 Å². The maximum Gasteiger partial charge on any atom is 0.416 e. The van der Waals surface area contributed by atoms with Crippen molar-refractivity contribution < 1.29 is 49.9 Å². The second-order valence-corrected chi connectivity index (χ2v) is 10.5. The Morgan fingerprint density at radius 1 is 0.905 bits per heavy atom. The van der Waals surface area contributed by atoms with Gasteiger partial charge in [0.05, 0.1) is 11.1 Å². The van der Waals surface area contributed by atoms with Crippen molar-refractivity contribution >= 4 is 29.8 Å². The number of carbonyl (C=O) groups is 3. The van der Waals surface area contributed by atoms with Gasteiger partial charge in [-0.05, 0) is 75.6 Å². The molecule has 4 amide bonds. The number of nitrogens with one attached hydrogen (secondary N) is 1. The summed E-state index contributed by atoms with van der Waals surface area (Å²) in [5.41, 5.74) is -4.51. The Morgan fingerprint density at radius 3 is 1.90 bits per heavy atom. The highest BCUT2D eigenvalue weighted by Crippen LogP contribution is 2.37. The van der Waals surface area contributed by atoms with Crippen LogP contribution in [0.1, 0.15) is 50.3 Å². The topological polar surface area (TPSA) is 79.0 Å². The van der Waals surface area contributed by atoms with Gasteiger partial charge in [-0.15, -0.1) is 0 Å². The summed E-state index contributed by atoms with van der Waals surface area (Å²) in [6, 6.07) is 3.39. The minimum atomic E-state index is -5.15. The number of alkyl halides is 6. The van der Waals surface area contributed by atoms with Crippen molar-refractivity contribution in [3.63, 3.8) is 0 Å². The molecule has 0 aliphatic carbocycles. The van der Waals surface area contributed by atoms with Crippen LogP contribution in [0.4, 0.5) is 46.0 Å². The van der Waals surface area contributed by atoms with Crippen LogP contribution in [-0.2, 0) is 21.9 Å². The molecule has 3 rings (SSSR count). The molecular formula is C28H28F7N3O4. The monoisotopic (exact) mass is 603 g/mol. The average Bonchev–Trinajstić information content (AvgIpc) is 2.86. The van der Waals surface area contributed by atoms with Crippen molar-refractivity contribution in [2.45, 2.75) is 57.6 Å². The molecule has 1 aliphatic heterocycles. The Morgan fingerprint density at radius 2 is 1.43 bits per heavy atom. The fourth-order valence-corrected chi connectivity index (χ4v) is 4.11. The van der Waals surface area contributed by atoms with Gasteiger partial charge < -0.3 is 15.0 Å². The van der Waals surface area contributed by atoms with Gasteiger partial charge in [0.15, 0.2) is 0 Å². The Labute approximate surface area is 236 Å². The normalized spacial score (nSPS) is 15.0. The summed E-state index contributed by atoms with van der Waals surface area (Å²) in [6.07, 6.45) is -8.57. The molecule has 1 aliphatic rings. The van der Waals surface area contributed by atoms with Gasteiger partial charge in [-0.25, -0.2) is 14.0 Å². The molecule has 1 N–H and O–H groups in total. The number of hydrogen-bond donors (Lipinski definition) is 1. The zero-order chi connectivity index (χ0) is 31.5. The summed E-state index contributed by atoms with van der Waals surface area (Å²) in [5.74, 6) is -1.47. The molecule has 1 fully saturated rings. The lowest BCUT2D eigenvalue weighted by Crippen LogP contribution is -2.52. The van der Waals surface area contributed by atoms with Crippen LogP contribution in [-0.4, -0.2) is 52.6 Å². The molecule has 2 aromatic carbocycles.